The second kappa shape index (κ2) is 8.37. The molecule has 0 radical (unpaired) electrons. The minimum absolute atomic E-state index is 0.0999. The first-order valence-electron chi connectivity index (χ1n) is 9.22. The Kier molecular flexibility index (Phi) is 5.93. The molecule has 0 bridgehead atoms. The van der Waals surface area contributed by atoms with Gasteiger partial charge in [-0.3, -0.25) is 14.2 Å². The Morgan fingerprint density at radius 2 is 1.81 bits per heavy atom. The molecule has 31 heavy (non-hydrogen) atoms. The Bertz CT molecular complexity index is 1120. The highest BCUT2D eigenvalue weighted by Crippen LogP contribution is 2.46. The summed E-state index contributed by atoms with van der Waals surface area (Å²) in [5.74, 6) is -0.651. The number of amides is 1. The van der Waals surface area contributed by atoms with Crippen molar-refractivity contribution in [1.82, 2.24) is 19.6 Å². The fourth-order valence-corrected chi connectivity index (χ4v) is 3.87. The molecular weight excluding hydrogens is 478 g/mol. The van der Waals surface area contributed by atoms with Crippen molar-refractivity contribution >= 4 is 46.5 Å². The summed E-state index contributed by atoms with van der Waals surface area (Å²) < 4.78 is 42.0. The summed E-state index contributed by atoms with van der Waals surface area (Å²) in [6, 6.07) is 7.14. The number of anilines is 1. The third kappa shape index (κ3) is 4.99. The van der Waals surface area contributed by atoms with Crippen LogP contribution in [0.4, 0.5) is 19.0 Å². The average molecular weight is 493 g/mol. The van der Waals surface area contributed by atoms with Crippen molar-refractivity contribution in [3.05, 3.63) is 62.5 Å². The van der Waals surface area contributed by atoms with Crippen molar-refractivity contribution in [3.8, 4) is 0 Å². The van der Waals surface area contributed by atoms with E-state index in [-0.39, 0.29) is 22.5 Å². The highest BCUT2D eigenvalue weighted by atomic mass is 35.5. The lowest BCUT2D eigenvalue weighted by Gasteiger charge is -2.07. The maximum absolute atomic E-state index is 13.2. The Morgan fingerprint density at radius 3 is 2.42 bits per heavy atom. The molecule has 0 unspecified atom stereocenters. The van der Waals surface area contributed by atoms with Gasteiger partial charge >= 0.3 is 6.18 Å². The van der Waals surface area contributed by atoms with E-state index in [0.717, 1.165) is 10.2 Å². The summed E-state index contributed by atoms with van der Waals surface area (Å²) in [7, 11) is 0. The molecule has 3 aromatic rings. The first-order chi connectivity index (χ1) is 14.6. The summed E-state index contributed by atoms with van der Waals surface area (Å²) in [4.78, 5) is 12.5. The fraction of sp³-hybridized carbons (Fsp3) is 0.316. The molecule has 1 saturated carbocycles. The summed E-state index contributed by atoms with van der Waals surface area (Å²) in [6.07, 6.45) is -1.77. The van der Waals surface area contributed by atoms with Crippen LogP contribution in [0.1, 0.15) is 35.7 Å². The van der Waals surface area contributed by atoms with E-state index in [9.17, 15) is 18.0 Å². The van der Waals surface area contributed by atoms with Crippen LogP contribution in [0.5, 0.6) is 0 Å². The zero-order valence-corrected chi connectivity index (χ0v) is 18.0. The number of carbonyl (C=O) groups excluding carboxylic acids is 1. The maximum Gasteiger partial charge on any atom is 0.436 e. The molecular formula is C19H15Cl3F3N5O. The zero-order valence-electron chi connectivity index (χ0n) is 15.8. The van der Waals surface area contributed by atoms with E-state index < -0.39 is 29.3 Å². The van der Waals surface area contributed by atoms with Gasteiger partial charge in [-0.2, -0.15) is 23.4 Å². The first kappa shape index (κ1) is 22.0. The number of halogens is 6. The number of alkyl halides is 3. The molecule has 4 rings (SSSR count). The fourth-order valence-electron chi connectivity index (χ4n) is 3.15. The van der Waals surface area contributed by atoms with Crippen LogP contribution in [-0.4, -0.2) is 25.5 Å². The van der Waals surface area contributed by atoms with Gasteiger partial charge < -0.3 is 5.32 Å². The van der Waals surface area contributed by atoms with Gasteiger partial charge in [-0.25, -0.2) is 0 Å². The molecule has 0 saturated heterocycles. The van der Waals surface area contributed by atoms with Gasteiger partial charge in [-0.05, 0) is 30.5 Å². The Hall–Kier alpha value is -2.23. The van der Waals surface area contributed by atoms with E-state index in [0.29, 0.717) is 24.4 Å². The predicted octanol–water partition coefficient (Wildman–Crippen LogP) is 5.62. The van der Waals surface area contributed by atoms with Gasteiger partial charge in [-0.1, -0.05) is 46.9 Å². The second-order valence-electron chi connectivity index (χ2n) is 7.18. The standard InChI is InChI=1S/C19H15Cl3F3N5O/c20-12-5-1-10(2-6-12)7-29-8-13(21)18(28-29)26-14(31)9-30-16(11-3-4-11)15(22)17(27-30)19(23,24)25/h1-2,5-6,8,11H,3-4,7,9H2,(H,26,28,31). The summed E-state index contributed by atoms with van der Waals surface area (Å²) >= 11 is 18.0. The van der Waals surface area contributed by atoms with E-state index in [1.165, 1.54) is 10.9 Å². The topological polar surface area (TPSA) is 64.7 Å². The van der Waals surface area contributed by atoms with Crippen molar-refractivity contribution < 1.29 is 18.0 Å². The quantitative estimate of drug-likeness (QED) is 0.485. The molecule has 1 aliphatic rings. The third-order valence-electron chi connectivity index (χ3n) is 4.69. The van der Waals surface area contributed by atoms with Crippen LogP contribution in [0, 0.1) is 0 Å². The first-order valence-corrected chi connectivity index (χ1v) is 10.4. The van der Waals surface area contributed by atoms with Crippen LogP contribution in [0.15, 0.2) is 30.5 Å². The molecule has 2 heterocycles. The largest absolute Gasteiger partial charge is 0.436 e. The highest BCUT2D eigenvalue weighted by molar-refractivity contribution is 6.33. The van der Waals surface area contributed by atoms with Crippen LogP contribution >= 0.6 is 34.8 Å². The molecule has 0 atom stereocenters. The molecule has 1 amide bonds. The molecule has 1 aromatic carbocycles. The zero-order chi connectivity index (χ0) is 22.3. The van der Waals surface area contributed by atoms with Crippen molar-refractivity contribution in [2.24, 2.45) is 0 Å². The SMILES string of the molecule is O=C(Cn1nc(C(F)(F)F)c(Cl)c1C1CC1)Nc1nn(Cc2ccc(Cl)cc2)cc1Cl. The number of nitrogens with zero attached hydrogens (tertiary/aromatic N) is 4. The normalized spacial score (nSPS) is 14.1. The van der Waals surface area contributed by atoms with Gasteiger partial charge in [0.2, 0.25) is 5.91 Å². The predicted molar refractivity (Wildman–Crippen MR) is 111 cm³/mol. The van der Waals surface area contributed by atoms with Crippen LogP contribution in [0.2, 0.25) is 15.1 Å². The number of benzene rings is 1. The van der Waals surface area contributed by atoms with Crippen LogP contribution in [-0.2, 0) is 24.1 Å². The summed E-state index contributed by atoms with van der Waals surface area (Å²) in [5.41, 5.74) is -0.0426. The van der Waals surface area contributed by atoms with Crippen molar-refractivity contribution in [1.29, 1.82) is 0 Å². The van der Waals surface area contributed by atoms with Crippen LogP contribution in [0.25, 0.3) is 0 Å². The number of aromatic nitrogens is 4. The highest BCUT2D eigenvalue weighted by Gasteiger charge is 2.42. The lowest BCUT2D eigenvalue weighted by molar-refractivity contribution is -0.141. The summed E-state index contributed by atoms with van der Waals surface area (Å²) in [5, 5.41) is 10.6. The van der Waals surface area contributed by atoms with Crippen molar-refractivity contribution in [2.45, 2.75) is 38.0 Å². The Labute approximate surface area is 189 Å². The number of hydrogen-bond acceptors (Lipinski definition) is 3. The number of carbonyl (C=O) groups is 1. The molecule has 1 aliphatic carbocycles. The number of nitrogens with one attached hydrogen (secondary N) is 1. The lowest BCUT2D eigenvalue weighted by atomic mass is 10.2. The smallest absolute Gasteiger partial charge is 0.306 e. The lowest BCUT2D eigenvalue weighted by Crippen LogP contribution is -2.22. The summed E-state index contributed by atoms with van der Waals surface area (Å²) in [6.45, 7) is -0.0513. The molecule has 0 aliphatic heterocycles. The monoisotopic (exact) mass is 491 g/mol. The number of rotatable bonds is 6. The van der Waals surface area contributed by atoms with E-state index in [2.05, 4.69) is 15.5 Å². The third-order valence-corrected chi connectivity index (χ3v) is 5.59. The van der Waals surface area contributed by atoms with E-state index >= 15 is 0 Å². The van der Waals surface area contributed by atoms with Gasteiger partial charge in [0.05, 0.1) is 17.3 Å². The van der Waals surface area contributed by atoms with Gasteiger partial charge in [0, 0.05) is 17.1 Å². The van der Waals surface area contributed by atoms with Crippen molar-refractivity contribution in [2.75, 3.05) is 5.32 Å². The van der Waals surface area contributed by atoms with Gasteiger partial charge in [-0.15, -0.1) is 0 Å². The molecule has 12 heteroatoms. The van der Waals surface area contributed by atoms with Gasteiger partial charge in [0.1, 0.15) is 11.6 Å². The van der Waals surface area contributed by atoms with E-state index in [1.54, 1.807) is 12.1 Å². The molecule has 2 aromatic heterocycles. The molecule has 1 N–H and O–H groups in total. The van der Waals surface area contributed by atoms with E-state index in [1.807, 2.05) is 12.1 Å². The minimum atomic E-state index is -4.70. The Balaban J connectivity index is 1.48. The van der Waals surface area contributed by atoms with Crippen LogP contribution < -0.4 is 5.32 Å². The molecule has 164 valence electrons. The van der Waals surface area contributed by atoms with Gasteiger partial charge in [0.25, 0.3) is 0 Å². The maximum atomic E-state index is 13.2. The van der Waals surface area contributed by atoms with E-state index in [4.69, 9.17) is 34.8 Å². The minimum Gasteiger partial charge on any atom is -0.306 e. The molecule has 1 fully saturated rings. The van der Waals surface area contributed by atoms with Gasteiger partial charge in [0.15, 0.2) is 11.5 Å². The Morgan fingerprint density at radius 1 is 1.13 bits per heavy atom. The molecule has 6 nitrogen and oxygen atoms in total. The van der Waals surface area contributed by atoms with Crippen molar-refractivity contribution in [3.63, 3.8) is 0 Å². The van der Waals surface area contributed by atoms with Crippen LogP contribution in [0.3, 0.4) is 0 Å². The number of hydrogen-bond donors (Lipinski definition) is 1. The average Bonchev–Trinajstić information content (AvgIpc) is 3.37. The molecule has 0 spiro atoms. The second-order valence-corrected chi connectivity index (χ2v) is 8.40.